The molecule has 1 saturated heterocycles. The predicted octanol–water partition coefficient (Wildman–Crippen LogP) is 6.11. The van der Waals surface area contributed by atoms with Crippen molar-refractivity contribution in [1.82, 2.24) is 0 Å². The minimum atomic E-state index is -0.883. The molecule has 0 radical (unpaired) electrons. The van der Waals surface area contributed by atoms with Crippen molar-refractivity contribution in [2.75, 3.05) is 13.2 Å². The van der Waals surface area contributed by atoms with Gasteiger partial charge in [-0.3, -0.25) is 0 Å². The van der Waals surface area contributed by atoms with Gasteiger partial charge in [0, 0.05) is 16.9 Å². The highest BCUT2D eigenvalue weighted by Gasteiger charge is 2.23. The molecule has 29 heavy (non-hydrogen) atoms. The maximum atomic E-state index is 15.0. The van der Waals surface area contributed by atoms with Crippen LogP contribution in [0.4, 0.5) is 13.2 Å². The van der Waals surface area contributed by atoms with Crippen molar-refractivity contribution in [2.45, 2.75) is 32.5 Å². The van der Waals surface area contributed by atoms with Gasteiger partial charge in [-0.1, -0.05) is 37.3 Å². The van der Waals surface area contributed by atoms with Crippen LogP contribution in [-0.2, 0) is 22.3 Å². The Morgan fingerprint density at radius 1 is 0.862 bits per heavy atom. The van der Waals surface area contributed by atoms with Crippen LogP contribution in [0.3, 0.4) is 0 Å². The second kappa shape index (κ2) is 8.56. The Morgan fingerprint density at radius 3 is 2.38 bits per heavy atom. The second-order valence-corrected chi connectivity index (χ2v) is 7.54. The fourth-order valence-corrected chi connectivity index (χ4v) is 3.64. The molecular formula is C24H23F3O2. The molecule has 1 aliphatic heterocycles. The fraction of sp³-hybridized carbons (Fsp3) is 0.333. The third-order valence-electron chi connectivity index (χ3n) is 5.54. The summed E-state index contributed by atoms with van der Waals surface area (Å²) in [5.74, 6) is -1.63. The maximum Gasteiger partial charge on any atom is 0.183 e. The summed E-state index contributed by atoms with van der Waals surface area (Å²) in [7, 11) is 0. The minimum absolute atomic E-state index is 0.284. The van der Waals surface area contributed by atoms with Gasteiger partial charge in [0.15, 0.2) is 17.9 Å². The van der Waals surface area contributed by atoms with Gasteiger partial charge in [0.25, 0.3) is 0 Å². The first-order chi connectivity index (χ1) is 14.0. The lowest BCUT2D eigenvalue weighted by Gasteiger charge is -2.29. The van der Waals surface area contributed by atoms with E-state index in [2.05, 4.69) is 6.92 Å². The largest absolute Gasteiger partial charge is 0.348 e. The molecule has 1 aliphatic rings. The summed E-state index contributed by atoms with van der Waals surface area (Å²) in [4.78, 5) is 0. The number of halogens is 3. The van der Waals surface area contributed by atoms with Crippen LogP contribution in [-0.4, -0.2) is 13.2 Å². The molecule has 0 bridgehead atoms. The number of fused-ring (bicyclic) bond motifs is 1. The lowest BCUT2D eigenvalue weighted by molar-refractivity contribution is -0.205. The van der Waals surface area contributed by atoms with Crippen LogP contribution in [0.15, 0.2) is 48.5 Å². The lowest BCUT2D eigenvalue weighted by Crippen LogP contribution is -2.26. The summed E-state index contributed by atoms with van der Waals surface area (Å²) in [5.41, 5.74) is 2.06. The summed E-state index contributed by atoms with van der Waals surface area (Å²) in [6.45, 7) is 3.44. The Kier molecular flexibility index (Phi) is 5.88. The van der Waals surface area contributed by atoms with E-state index in [1.807, 2.05) is 18.2 Å². The smallest absolute Gasteiger partial charge is 0.183 e. The van der Waals surface area contributed by atoms with Crippen LogP contribution >= 0.6 is 0 Å². The molecule has 1 fully saturated rings. The molecule has 0 aliphatic carbocycles. The standard InChI is InChI=1S/C24H23F3O2/c1-2-15-13-28-24(29-14-15)19-8-9-20-18(12-19)7-6-17(23(20)27)5-3-16-4-10-21(25)22(26)11-16/h4,6-12,15,24H,2-3,5,13-14H2,1H3. The van der Waals surface area contributed by atoms with Crippen LogP contribution in [0, 0.1) is 23.4 Å². The molecule has 2 nitrogen and oxygen atoms in total. The van der Waals surface area contributed by atoms with Gasteiger partial charge in [0.1, 0.15) is 5.82 Å². The van der Waals surface area contributed by atoms with E-state index in [1.165, 1.54) is 6.07 Å². The molecule has 3 aromatic rings. The van der Waals surface area contributed by atoms with Crippen molar-refractivity contribution < 1.29 is 22.6 Å². The highest BCUT2D eigenvalue weighted by Crippen LogP contribution is 2.30. The van der Waals surface area contributed by atoms with E-state index in [9.17, 15) is 13.2 Å². The lowest BCUT2D eigenvalue weighted by atomic mass is 9.98. The van der Waals surface area contributed by atoms with Gasteiger partial charge in [0.2, 0.25) is 0 Å². The van der Waals surface area contributed by atoms with Crippen molar-refractivity contribution >= 4 is 10.8 Å². The average Bonchev–Trinajstić information content (AvgIpc) is 2.75. The molecule has 0 atom stereocenters. The number of hydrogen-bond donors (Lipinski definition) is 0. The van der Waals surface area contributed by atoms with Crippen LogP contribution in [0.25, 0.3) is 10.8 Å². The van der Waals surface area contributed by atoms with Crippen molar-refractivity contribution in [2.24, 2.45) is 5.92 Å². The molecule has 0 spiro atoms. The second-order valence-electron chi connectivity index (χ2n) is 7.54. The number of hydrogen-bond acceptors (Lipinski definition) is 2. The van der Waals surface area contributed by atoms with E-state index in [1.54, 1.807) is 12.1 Å². The zero-order valence-corrected chi connectivity index (χ0v) is 16.3. The van der Waals surface area contributed by atoms with Crippen LogP contribution in [0.5, 0.6) is 0 Å². The summed E-state index contributed by atoms with van der Waals surface area (Å²) in [6, 6.07) is 12.9. The van der Waals surface area contributed by atoms with Crippen molar-refractivity contribution in [3.63, 3.8) is 0 Å². The number of ether oxygens (including phenoxy) is 2. The minimum Gasteiger partial charge on any atom is -0.348 e. The van der Waals surface area contributed by atoms with E-state index in [0.717, 1.165) is 29.5 Å². The summed E-state index contributed by atoms with van der Waals surface area (Å²) < 4.78 is 53.0. The molecular weight excluding hydrogens is 377 g/mol. The molecule has 1 heterocycles. The predicted molar refractivity (Wildman–Crippen MR) is 106 cm³/mol. The number of rotatable bonds is 5. The molecule has 4 rings (SSSR count). The molecule has 0 saturated carbocycles. The zero-order valence-electron chi connectivity index (χ0n) is 16.3. The van der Waals surface area contributed by atoms with Gasteiger partial charge in [-0.15, -0.1) is 0 Å². The molecule has 0 unspecified atom stereocenters. The molecule has 5 heteroatoms. The first-order valence-electron chi connectivity index (χ1n) is 9.93. The Bertz CT molecular complexity index is 1010. The van der Waals surface area contributed by atoms with Crippen molar-refractivity contribution in [3.05, 3.63) is 82.7 Å². The van der Waals surface area contributed by atoms with Crippen LogP contribution in [0.1, 0.15) is 36.3 Å². The zero-order chi connectivity index (χ0) is 20.4. The molecule has 0 aromatic heterocycles. The quantitative estimate of drug-likeness (QED) is 0.514. The molecule has 0 amide bonds. The molecule has 3 aromatic carbocycles. The molecule has 152 valence electrons. The van der Waals surface area contributed by atoms with Crippen molar-refractivity contribution in [1.29, 1.82) is 0 Å². The fourth-order valence-electron chi connectivity index (χ4n) is 3.64. The van der Waals surface area contributed by atoms with Crippen LogP contribution in [0.2, 0.25) is 0 Å². The Morgan fingerprint density at radius 2 is 1.66 bits per heavy atom. The Labute approximate surface area is 168 Å². The highest BCUT2D eigenvalue weighted by atomic mass is 19.2. The van der Waals surface area contributed by atoms with E-state index in [4.69, 9.17) is 9.47 Å². The van der Waals surface area contributed by atoms with E-state index < -0.39 is 17.9 Å². The summed E-state index contributed by atoms with van der Waals surface area (Å²) in [5, 5.41) is 1.31. The van der Waals surface area contributed by atoms with E-state index in [-0.39, 0.29) is 5.82 Å². The average molecular weight is 400 g/mol. The highest BCUT2D eigenvalue weighted by molar-refractivity contribution is 5.84. The molecule has 0 N–H and O–H groups in total. The topological polar surface area (TPSA) is 18.5 Å². The Hall–Kier alpha value is -2.37. The summed E-state index contributed by atoms with van der Waals surface area (Å²) in [6.07, 6.45) is 1.43. The third kappa shape index (κ3) is 4.31. The van der Waals surface area contributed by atoms with Crippen molar-refractivity contribution in [3.8, 4) is 0 Å². The summed E-state index contributed by atoms with van der Waals surface area (Å²) >= 11 is 0. The normalized spacial score (nSPS) is 19.6. The van der Waals surface area contributed by atoms with Gasteiger partial charge in [-0.05, 0) is 54.0 Å². The number of aryl methyl sites for hydroxylation is 2. The maximum absolute atomic E-state index is 15.0. The number of benzene rings is 3. The van der Waals surface area contributed by atoms with Gasteiger partial charge < -0.3 is 9.47 Å². The van der Waals surface area contributed by atoms with E-state index >= 15 is 0 Å². The van der Waals surface area contributed by atoms with Gasteiger partial charge >= 0.3 is 0 Å². The third-order valence-corrected chi connectivity index (χ3v) is 5.54. The first-order valence-corrected chi connectivity index (χ1v) is 9.93. The Balaban J connectivity index is 1.51. The van der Waals surface area contributed by atoms with Gasteiger partial charge in [-0.25, -0.2) is 13.2 Å². The van der Waals surface area contributed by atoms with Crippen LogP contribution < -0.4 is 0 Å². The first kappa shape index (κ1) is 19.9. The van der Waals surface area contributed by atoms with Gasteiger partial charge in [-0.2, -0.15) is 0 Å². The monoisotopic (exact) mass is 400 g/mol. The van der Waals surface area contributed by atoms with E-state index in [0.29, 0.717) is 48.5 Å². The van der Waals surface area contributed by atoms with Gasteiger partial charge in [0.05, 0.1) is 13.2 Å². The SMILES string of the molecule is CCC1COC(c2ccc3c(F)c(CCc4ccc(F)c(F)c4)ccc3c2)OC1.